The van der Waals surface area contributed by atoms with Gasteiger partial charge in [0.2, 0.25) is 0 Å². The van der Waals surface area contributed by atoms with E-state index in [0.29, 0.717) is 5.92 Å². The van der Waals surface area contributed by atoms with Crippen LogP contribution in [0.1, 0.15) is 72.4 Å². The van der Waals surface area contributed by atoms with Crippen molar-refractivity contribution in [3.63, 3.8) is 0 Å². The fourth-order valence-electron chi connectivity index (χ4n) is 3.20. The van der Waals surface area contributed by atoms with Gasteiger partial charge in [0.05, 0.1) is 5.54 Å². The maximum Gasteiger partial charge on any atom is 0.267 e. The Labute approximate surface area is 116 Å². The lowest BCUT2D eigenvalue weighted by atomic mass is 9.75. The van der Waals surface area contributed by atoms with E-state index in [9.17, 15) is 4.79 Å². The second kappa shape index (κ2) is 4.84. The van der Waals surface area contributed by atoms with Crippen LogP contribution < -0.4 is 5.56 Å². The van der Waals surface area contributed by atoms with Gasteiger partial charge in [0, 0.05) is 17.2 Å². The van der Waals surface area contributed by atoms with Gasteiger partial charge in [0.15, 0.2) is 0 Å². The lowest BCUT2D eigenvalue weighted by molar-refractivity contribution is 0.278. The van der Waals surface area contributed by atoms with Crippen LogP contribution in [-0.2, 0) is 11.0 Å². The monoisotopic (exact) mass is 264 g/mol. The van der Waals surface area contributed by atoms with Gasteiger partial charge in [-0.15, -0.1) is 0 Å². The molecule has 0 aliphatic heterocycles. The second-order valence-corrected chi connectivity index (χ2v) is 7.21. The summed E-state index contributed by atoms with van der Waals surface area (Å²) in [5.74, 6) is 0.698. The zero-order valence-electron chi connectivity index (χ0n) is 13.0. The Balaban J connectivity index is 2.36. The first kappa shape index (κ1) is 14.4. The summed E-state index contributed by atoms with van der Waals surface area (Å²) >= 11 is 0. The largest absolute Gasteiger partial charge is 0.299 e. The molecule has 3 heteroatoms. The summed E-state index contributed by atoms with van der Waals surface area (Å²) in [7, 11) is 0. The topological polar surface area (TPSA) is 37.8 Å². The first-order valence-corrected chi connectivity index (χ1v) is 7.62. The van der Waals surface area contributed by atoms with E-state index >= 15 is 0 Å². The highest BCUT2D eigenvalue weighted by Gasteiger charge is 2.35. The van der Waals surface area contributed by atoms with Gasteiger partial charge in [-0.05, 0) is 39.0 Å². The fraction of sp³-hybridized carbons (Fsp3) is 0.812. The number of aromatic amines is 1. The summed E-state index contributed by atoms with van der Waals surface area (Å²) < 4.78 is 1.80. The molecule has 0 aromatic carbocycles. The molecule has 3 nitrogen and oxygen atoms in total. The number of hydrogen-bond donors (Lipinski definition) is 1. The van der Waals surface area contributed by atoms with Crippen LogP contribution in [0.2, 0.25) is 0 Å². The number of H-pyrrole nitrogens is 1. The van der Waals surface area contributed by atoms with Crippen LogP contribution in [-0.4, -0.2) is 9.78 Å². The van der Waals surface area contributed by atoms with E-state index in [1.165, 1.54) is 25.7 Å². The summed E-state index contributed by atoms with van der Waals surface area (Å²) in [6, 6.07) is 1.82. The average molecular weight is 264 g/mol. The minimum absolute atomic E-state index is 0.0741. The molecule has 1 N–H and O–H groups in total. The van der Waals surface area contributed by atoms with Crippen molar-refractivity contribution in [3.05, 3.63) is 22.1 Å². The molecular formula is C16H28N2O. The maximum atomic E-state index is 12.2. The van der Waals surface area contributed by atoms with Gasteiger partial charge >= 0.3 is 0 Å². The lowest BCUT2D eigenvalue weighted by Gasteiger charge is -2.31. The van der Waals surface area contributed by atoms with E-state index in [0.717, 1.165) is 12.1 Å². The molecule has 0 bridgehead atoms. The summed E-state index contributed by atoms with van der Waals surface area (Å²) in [6.07, 6.45) is 6.18. The molecule has 1 heterocycles. The Kier molecular flexibility index (Phi) is 3.67. The van der Waals surface area contributed by atoms with Gasteiger partial charge in [-0.2, -0.15) is 0 Å². The zero-order valence-corrected chi connectivity index (χ0v) is 13.0. The molecule has 1 aromatic rings. The van der Waals surface area contributed by atoms with Crippen molar-refractivity contribution in [2.75, 3.05) is 0 Å². The van der Waals surface area contributed by atoms with Crippen LogP contribution in [0.15, 0.2) is 10.9 Å². The molecule has 1 saturated carbocycles. The number of aromatic nitrogens is 2. The van der Waals surface area contributed by atoms with Crippen LogP contribution in [0.5, 0.6) is 0 Å². The number of hydrogen-bond acceptors (Lipinski definition) is 1. The summed E-state index contributed by atoms with van der Waals surface area (Å²) in [5, 5.41) is 3.39. The standard InChI is InChI=1S/C16H28N2O/c1-6-15(2,3)18-14(19)11-13(17-18)16(4,5)12-9-7-8-10-12/h11-12,17H,6-10H2,1-5H3. The maximum absolute atomic E-state index is 12.2. The predicted molar refractivity (Wildman–Crippen MR) is 79.6 cm³/mol. The first-order valence-electron chi connectivity index (χ1n) is 7.62. The molecule has 0 saturated heterocycles. The van der Waals surface area contributed by atoms with Crippen molar-refractivity contribution in [1.29, 1.82) is 0 Å². The van der Waals surface area contributed by atoms with Crippen molar-refractivity contribution < 1.29 is 0 Å². The van der Waals surface area contributed by atoms with Crippen molar-refractivity contribution in [2.45, 2.75) is 77.7 Å². The third kappa shape index (κ3) is 2.52. The van der Waals surface area contributed by atoms with E-state index in [4.69, 9.17) is 0 Å². The Morgan fingerprint density at radius 2 is 1.84 bits per heavy atom. The highest BCUT2D eigenvalue weighted by atomic mass is 16.1. The Bertz CT molecular complexity index is 487. The molecule has 0 unspecified atom stereocenters. The van der Waals surface area contributed by atoms with Crippen LogP contribution in [0.25, 0.3) is 0 Å². The SMILES string of the molecule is CCC(C)(C)n1[nH]c(C(C)(C)C2CCCC2)cc1=O. The van der Waals surface area contributed by atoms with Gasteiger partial charge in [-0.25, -0.2) is 4.68 Å². The normalized spacial score (nSPS) is 18.2. The molecule has 2 rings (SSSR count). The van der Waals surface area contributed by atoms with Gasteiger partial charge in [-0.1, -0.05) is 33.6 Å². The lowest BCUT2D eigenvalue weighted by Crippen LogP contribution is -2.34. The minimum atomic E-state index is -0.138. The van der Waals surface area contributed by atoms with Gasteiger partial charge in [0.25, 0.3) is 5.56 Å². The molecule has 0 radical (unpaired) electrons. The molecular weight excluding hydrogens is 236 g/mol. The summed E-state index contributed by atoms with van der Waals surface area (Å²) in [4.78, 5) is 12.2. The van der Waals surface area contributed by atoms with Crippen LogP contribution in [0.4, 0.5) is 0 Å². The van der Waals surface area contributed by atoms with E-state index in [-0.39, 0.29) is 16.5 Å². The molecule has 19 heavy (non-hydrogen) atoms. The van der Waals surface area contributed by atoms with Crippen LogP contribution >= 0.6 is 0 Å². The smallest absolute Gasteiger partial charge is 0.267 e. The summed E-state index contributed by atoms with van der Waals surface area (Å²) in [5.41, 5.74) is 1.14. The van der Waals surface area contributed by atoms with Crippen molar-refractivity contribution in [2.24, 2.45) is 5.92 Å². The summed E-state index contributed by atoms with van der Waals surface area (Å²) in [6.45, 7) is 10.9. The minimum Gasteiger partial charge on any atom is -0.299 e. The van der Waals surface area contributed by atoms with Crippen LogP contribution in [0.3, 0.4) is 0 Å². The third-order valence-corrected chi connectivity index (χ3v) is 5.26. The van der Waals surface area contributed by atoms with E-state index < -0.39 is 0 Å². The molecule has 1 aliphatic rings. The van der Waals surface area contributed by atoms with E-state index in [1.807, 2.05) is 6.07 Å². The molecule has 108 valence electrons. The zero-order chi connectivity index (χ0) is 14.3. The number of nitrogens with zero attached hydrogens (tertiary/aromatic N) is 1. The van der Waals surface area contributed by atoms with Gasteiger partial charge < -0.3 is 0 Å². The average Bonchev–Trinajstić information content (AvgIpc) is 2.97. The molecule has 0 amide bonds. The van der Waals surface area contributed by atoms with E-state index in [1.54, 1.807) is 4.68 Å². The Hall–Kier alpha value is -0.990. The fourth-order valence-corrected chi connectivity index (χ4v) is 3.20. The number of rotatable bonds is 4. The molecule has 0 atom stereocenters. The molecule has 1 aliphatic carbocycles. The van der Waals surface area contributed by atoms with E-state index in [2.05, 4.69) is 39.7 Å². The molecule has 1 aromatic heterocycles. The highest BCUT2D eigenvalue weighted by Crippen LogP contribution is 2.41. The third-order valence-electron chi connectivity index (χ3n) is 5.26. The molecule has 0 spiro atoms. The first-order chi connectivity index (χ1) is 8.79. The quantitative estimate of drug-likeness (QED) is 0.882. The Morgan fingerprint density at radius 3 is 2.37 bits per heavy atom. The van der Waals surface area contributed by atoms with Gasteiger partial charge in [0.1, 0.15) is 0 Å². The molecule has 1 fully saturated rings. The Morgan fingerprint density at radius 1 is 1.26 bits per heavy atom. The number of nitrogens with one attached hydrogen (secondary N) is 1. The van der Waals surface area contributed by atoms with Crippen molar-refractivity contribution >= 4 is 0 Å². The second-order valence-electron chi connectivity index (χ2n) is 7.21. The highest BCUT2D eigenvalue weighted by molar-refractivity contribution is 5.15. The predicted octanol–water partition coefficient (Wildman–Crippen LogP) is 3.79. The van der Waals surface area contributed by atoms with Crippen molar-refractivity contribution in [3.8, 4) is 0 Å². The van der Waals surface area contributed by atoms with Gasteiger partial charge in [-0.3, -0.25) is 9.89 Å². The van der Waals surface area contributed by atoms with Crippen molar-refractivity contribution in [1.82, 2.24) is 9.78 Å². The van der Waals surface area contributed by atoms with Crippen LogP contribution in [0, 0.1) is 5.92 Å².